The third kappa shape index (κ3) is 3.13. The van der Waals surface area contributed by atoms with Crippen molar-refractivity contribution in [2.24, 2.45) is 0 Å². The van der Waals surface area contributed by atoms with Crippen molar-refractivity contribution in [3.05, 3.63) is 54.1 Å². The van der Waals surface area contributed by atoms with Crippen LogP contribution < -0.4 is 5.32 Å². The molecule has 0 heterocycles. The summed E-state index contributed by atoms with van der Waals surface area (Å²) < 4.78 is 37.3. The normalized spacial score (nSPS) is 11.1. The van der Waals surface area contributed by atoms with Crippen molar-refractivity contribution < 1.29 is 18.0 Å². The van der Waals surface area contributed by atoms with Gasteiger partial charge < -0.3 is 5.32 Å². The van der Waals surface area contributed by atoms with Crippen LogP contribution in [0, 0.1) is 0 Å². The van der Waals surface area contributed by atoms with Crippen molar-refractivity contribution in [2.75, 3.05) is 5.32 Å². The monoisotopic (exact) mass is 265 g/mol. The van der Waals surface area contributed by atoms with Crippen LogP contribution in [-0.2, 0) is 11.0 Å². The third-order valence-corrected chi connectivity index (χ3v) is 2.66. The molecule has 2 aromatic carbocycles. The Morgan fingerprint density at radius 1 is 0.842 bits per heavy atom. The zero-order chi connectivity index (χ0) is 13.9. The molecule has 0 aliphatic heterocycles. The highest BCUT2D eigenvalue weighted by molar-refractivity contribution is 5.73. The Bertz CT molecular complexity index is 559. The summed E-state index contributed by atoms with van der Waals surface area (Å²) in [5.74, 6) is 0. The first kappa shape index (κ1) is 13.1. The van der Waals surface area contributed by atoms with Crippen LogP contribution in [0.25, 0.3) is 11.1 Å². The molecule has 98 valence electrons. The summed E-state index contributed by atoms with van der Waals surface area (Å²) in [4.78, 5) is 10.2. The number of alkyl halides is 3. The van der Waals surface area contributed by atoms with Gasteiger partial charge in [0.15, 0.2) is 0 Å². The molecule has 0 aliphatic rings. The quantitative estimate of drug-likeness (QED) is 0.837. The van der Waals surface area contributed by atoms with E-state index in [4.69, 9.17) is 0 Å². The molecule has 2 aromatic rings. The molecule has 0 spiro atoms. The van der Waals surface area contributed by atoms with E-state index in [1.807, 2.05) is 0 Å². The van der Waals surface area contributed by atoms with Crippen LogP contribution in [0.4, 0.5) is 18.9 Å². The molecule has 0 radical (unpaired) electrons. The number of halogens is 3. The molecule has 0 atom stereocenters. The van der Waals surface area contributed by atoms with E-state index in [0.29, 0.717) is 17.7 Å². The maximum absolute atomic E-state index is 12.4. The van der Waals surface area contributed by atoms with Crippen LogP contribution in [0.5, 0.6) is 0 Å². The van der Waals surface area contributed by atoms with E-state index in [0.717, 1.165) is 17.7 Å². The van der Waals surface area contributed by atoms with Gasteiger partial charge in [0, 0.05) is 5.69 Å². The number of nitrogens with one attached hydrogen (secondary N) is 1. The van der Waals surface area contributed by atoms with Crippen molar-refractivity contribution in [2.45, 2.75) is 6.18 Å². The second kappa shape index (κ2) is 5.14. The van der Waals surface area contributed by atoms with Gasteiger partial charge in [-0.25, -0.2) is 0 Å². The van der Waals surface area contributed by atoms with E-state index in [1.165, 1.54) is 12.1 Å². The lowest BCUT2D eigenvalue weighted by Gasteiger charge is -2.08. The standard InChI is InChI=1S/C14H10F3NO/c15-14(16,17)12-5-1-10(2-6-12)11-3-7-13(8-4-11)18-9-19/h1-9H,(H,18,19). The van der Waals surface area contributed by atoms with Crippen LogP contribution in [-0.4, -0.2) is 6.41 Å². The molecule has 0 unspecified atom stereocenters. The molecule has 1 N–H and O–H groups in total. The molecule has 5 heteroatoms. The topological polar surface area (TPSA) is 29.1 Å². The highest BCUT2D eigenvalue weighted by Crippen LogP contribution is 2.31. The number of hydrogen-bond acceptors (Lipinski definition) is 1. The van der Waals surface area contributed by atoms with Crippen molar-refractivity contribution in [3.8, 4) is 11.1 Å². The molecule has 0 fully saturated rings. The summed E-state index contributed by atoms with van der Waals surface area (Å²) in [6, 6.07) is 11.8. The fraction of sp³-hybridized carbons (Fsp3) is 0.0714. The average molecular weight is 265 g/mol. The van der Waals surface area contributed by atoms with Crippen LogP contribution >= 0.6 is 0 Å². The maximum atomic E-state index is 12.4. The van der Waals surface area contributed by atoms with Gasteiger partial charge in [-0.15, -0.1) is 0 Å². The number of rotatable bonds is 3. The number of carbonyl (C=O) groups excluding carboxylic acids is 1. The largest absolute Gasteiger partial charge is 0.416 e. The molecule has 0 aliphatic carbocycles. The van der Waals surface area contributed by atoms with Gasteiger partial charge in [0.05, 0.1) is 5.56 Å². The lowest BCUT2D eigenvalue weighted by atomic mass is 10.0. The predicted molar refractivity (Wildman–Crippen MR) is 66.6 cm³/mol. The third-order valence-electron chi connectivity index (χ3n) is 2.66. The fourth-order valence-electron chi connectivity index (χ4n) is 1.68. The van der Waals surface area contributed by atoms with E-state index in [-0.39, 0.29) is 0 Å². The molecule has 0 bridgehead atoms. The Morgan fingerprint density at radius 2 is 1.32 bits per heavy atom. The number of carbonyl (C=O) groups is 1. The van der Waals surface area contributed by atoms with E-state index >= 15 is 0 Å². The van der Waals surface area contributed by atoms with E-state index < -0.39 is 11.7 Å². The molecule has 0 aromatic heterocycles. The Kier molecular flexibility index (Phi) is 3.55. The maximum Gasteiger partial charge on any atom is 0.416 e. The van der Waals surface area contributed by atoms with Gasteiger partial charge in [0.1, 0.15) is 0 Å². The lowest BCUT2D eigenvalue weighted by Crippen LogP contribution is -2.03. The number of amides is 1. The summed E-state index contributed by atoms with van der Waals surface area (Å²) in [5.41, 5.74) is 1.43. The van der Waals surface area contributed by atoms with E-state index in [9.17, 15) is 18.0 Å². The Morgan fingerprint density at radius 3 is 1.74 bits per heavy atom. The first-order valence-corrected chi connectivity index (χ1v) is 5.48. The Balaban J connectivity index is 2.24. The van der Waals surface area contributed by atoms with Crippen LogP contribution in [0.2, 0.25) is 0 Å². The van der Waals surface area contributed by atoms with Crippen LogP contribution in [0.15, 0.2) is 48.5 Å². The van der Waals surface area contributed by atoms with Gasteiger partial charge in [-0.3, -0.25) is 4.79 Å². The highest BCUT2D eigenvalue weighted by Gasteiger charge is 2.29. The van der Waals surface area contributed by atoms with E-state index in [1.54, 1.807) is 24.3 Å². The zero-order valence-corrected chi connectivity index (χ0v) is 9.74. The first-order valence-electron chi connectivity index (χ1n) is 5.48. The summed E-state index contributed by atoms with van der Waals surface area (Å²) >= 11 is 0. The zero-order valence-electron chi connectivity index (χ0n) is 9.74. The van der Waals surface area contributed by atoms with E-state index in [2.05, 4.69) is 5.32 Å². The highest BCUT2D eigenvalue weighted by atomic mass is 19.4. The minimum atomic E-state index is -4.32. The van der Waals surface area contributed by atoms with Gasteiger partial charge in [-0.05, 0) is 35.4 Å². The SMILES string of the molecule is O=CNc1ccc(-c2ccc(C(F)(F)F)cc2)cc1. The van der Waals surface area contributed by atoms with Gasteiger partial charge in [0.2, 0.25) is 6.41 Å². The Hall–Kier alpha value is -2.30. The van der Waals surface area contributed by atoms with Crippen molar-refractivity contribution >= 4 is 12.1 Å². The second-order valence-corrected chi connectivity index (χ2v) is 3.91. The molecule has 1 amide bonds. The molecular formula is C14H10F3NO. The fourth-order valence-corrected chi connectivity index (χ4v) is 1.68. The average Bonchev–Trinajstić information content (AvgIpc) is 2.39. The van der Waals surface area contributed by atoms with Crippen LogP contribution in [0.3, 0.4) is 0 Å². The molecular weight excluding hydrogens is 255 g/mol. The predicted octanol–water partition coefficient (Wildman–Crippen LogP) is 3.94. The van der Waals surface area contributed by atoms with Crippen molar-refractivity contribution in [1.82, 2.24) is 0 Å². The summed E-state index contributed by atoms with van der Waals surface area (Å²) in [6.07, 6.45) is -3.76. The first-order chi connectivity index (χ1) is 9.00. The molecule has 0 saturated carbocycles. The number of anilines is 1. The summed E-state index contributed by atoms with van der Waals surface area (Å²) in [5, 5.41) is 2.49. The smallest absolute Gasteiger partial charge is 0.329 e. The van der Waals surface area contributed by atoms with Crippen molar-refractivity contribution in [3.63, 3.8) is 0 Å². The molecule has 0 saturated heterocycles. The minimum absolute atomic E-state index is 0.563. The van der Waals surface area contributed by atoms with Crippen molar-refractivity contribution in [1.29, 1.82) is 0 Å². The minimum Gasteiger partial charge on any atom is -0.329 e. The molecule has 2 nitrogen and oxygen atoms in total. The lowest BCUT2D eigenvalue weighted by molar-refractivity contribution is -0.137. The summed E-state index contributed by atoms with van der Waals surface area (Å²) in [6.45, 7) is 0. The summed E-state index contributed by atoms with van der Waals surface area (Å²) in [7, 11) is 0. The molecule has 2 rings (SSSR count). The van der Waals surface area contributed by atoms with Gasteiger partial charge in [-0.2, -0.15) is 13.2 Å². The molecule has 19 heavy (non-hydrogen) atoms. The van der Waals surface area contributed by atoms with Crippen LogP contribution in [0.1, 0.15) is 5.56 Å². The second-order valence-electron chi connectivity index (χ2n) is 3.91. The van der Waals surface area contributed by atoms with Gasteiger partial charge in [0.25, 0.3) is 0 Å². The van der Waals surface area contributed by atoms with Gasteiger partial charge >= 0.3 is 6.18 Å². The van der Waals surface area contributed by atoms with Gasteiger partial charge in [-0.1, -0.05) is 24.3 Å². The Labute approximate surface area is 107 Å². The number of benzene rings is 2. The number of hydrogen-bond donors (Lipinski definition) is 1.